The van der Waals surface area contributed by atoms with E-state index in [0.29, 0.717) is 16.5 Å². The van der Waals surface area contributed by atoms with E-state index in [1.807, 2.05) is 6.07 Å². The maximum absolute atomic E-state index is 6.37. The second-order valence-electron chi connectivity index (χ2n) is 4.36. The lowest BCUT2D eigenvalue weighted by atomic mass is 10.0. The zero-order valence-electron chi connectivity index (χ0n) is 12.0. The highest BCUT2D eigenvalue weighted by Gasteiger charge is 2.17. The summed E-state index contributed by atoms with van der Waals surface area (Å²) in [5.41, 5.74) is 2.09. The van der Waals surface area contributed by atoms with Crippen LogP contribution in [0.15, 0.2) is 41.3 Å². The summed E-state index contributed by atoms with van der Waals surface area (Å²) in [5.74, 6) is 1.30. The van der Waals surface area contributed by atoms with Gasteiger partial charge in [0.1, 0.15) is 0 Å². The number of alkyl halides is 1. The molecule has 0 spiro atoms. The van der Waals surface area contributed by atoms with Crippen LogP contribution in [0.2, 0.25) is 5.02 Å². The molecule has 0 aliphatic rings. The van der Waals surface area contributed by atoms with Crippen LogP contribution in [0.25, 0.3) is 0 Å². The minimum absolute atomic E-state index is 0.000659. The van der Waals surface area contributed by atoms with Crippen LogP contribution >= 0.6 is 39.3 Å². The molecule has 0 radical (unpaired) electrons. The third-order valence-corrected chi connectivity index (χ3v) is 5.28. The number of hydrogen-bond donors (Lipinski definition) is 0. The van der Waals surface area contributed by atoms with Gasteiger partial charge in [0.25, 0.3) is 0 Å². The maximum atomic E-state index is 6.37. The summed E-state index contributed by atoms with van der Waals surface area (Å²) in [6.07, 6.45) is 2.06. The summed E-state index contributed by atoms with van der Waals surface area (Å²) < 4.78 is 10.6. The molecule has 2 rings (SSSR count). The molecule has 0 saturated carbocycles. The number of thioether (sulfide) groups is 1. The average Bonchev–Trinajstić information content (AvgIpc) is 2.54. The van der Waals surface area contributed by atoms with E-state index in [9.17, 15) is 0 Å². The van der Waals surface area contributed by atoms with Crippen molar-refractivity contribution in [1.29, 1.82) is 0 Å². The van der Waals surface area contributed by atoms with Crippen LogP contribution in [-0.4, -0.2) is 20.5 Å². The molecule has 1 unspecified atom stereocenters. The van der Waals surface area contributed by atoms with Crippen molar-refractivity contribution in [3.8, 4) is 11.5 Å². The van der Waals surface area contributed by atoms with Gasteiger partial charge in [0.05, 0.1) is 19.0 Å². The first kappa shape index (κ1) is 16.5. The minimum Gasteiger partial charge on any atom is -0.493 e. The van der Waals surface area contributed by atoms with Gasteiger partial charge in [-0.1, -0.05) is 39.7 Å². The van der Waals surface area contributed by atoms with Crippen LogP contribution in [0, 0.1) is 0 Å². The van der Waals surface area contributed by atoms with Gasteiger partial charge in [-0.15, -0.1) is 11.8 Å². The Kier molecular flexibility index (Phi) is 5.85. The summed E-state index contributed by atoms with van der Waals surface area (Å²) in [6.45, 7) is 0. The van der Waals surface area contributed by atoms with Gasteiger partial charge in [-0.05, 0) is 35.6 Å². The molecule has 0 N–H and O–H groups in total. The molecule has 5 heteroatoms. The molecular formula is C16H16BrClO2S. The lowest BCUT2D eigenvalue weighted by molar-refractivity contribution is 0.354. The van der Waals surface area contributed by atoms with E-state index >= 15 is 0 Å². The first-order chi connectivity index (χ1) is 10.1. The largest absolute Gasteiger partial charge is 0.493 e. The van der Waals surface area contributed by atoms with Crippen molar-refractivity contribution in [2.45, 2.75) is 9.72 Å². The molecule has 0 saturated heterocycles. The lowest BCUT2D eigenvalue weighted by Crippen LogP contribution is -1.97. The predicted molar refractivity (Wildman–Crippen MR) is 93.5 cm³/mol. The van der Waals surface area contributed by atoms with E-state index in [1.165, 1.54) is 4.90 Å². The second kappa shape index (κ2) is 7.43. The molecule has 1 atom stereocenters. The van der Waals surface area contributed by atoms with Crippen LogP contribution in [0.1, 0.15) is 16.0 Å². The molecule has 0 aliphatic heterocycles. The predicted octanol–water partition coefficient (Wildman–Crippen LogP) is 5.56. The van der Waals surface area contributed by atoms with E-state index in [0.717, 1.165) is 11.1 Å². The fourth-order valence-electron chi connectivity index (χ4n) is 2.02. The van der Waals surface area contributed by atoms with E-state index < -0.39 is 0 Å². The number of ether oxygens (including phenoxy) is 2. The molecule has 0 amide bonds. The Hall–Kier alpha value is -0.840. The zero-order chi connectivity index (χ0) is 15.4. The quantitative estimate of drug-likeness (QED) is 0.494. The van der Waals surface area contributed by atoms with Crippen molar-refractivity contribution in [3.63, 3.8) is 0 Å². The third kappa shape index (κ3) is 3.68. The van der Waals surface area contributed by atoms with Crippen LogP contribution in [-0.2, 0) is 0 Å². The Labute approximate surface area is 142 Å². The number of benzene rings is 2. The Morgan fingerprint density at radius 2 is 1.62 bits per heavy atom. The van der Waals surface area contributed by atoms with E-state index in [4.69, 9.17) is 21.1 Å². The maximum Gasteiger partial charge on any atom is 0.162 e. The number of halogens is 2. The molecule has 0 aliphatic carbocycles. The summed E-state index contributed by atoms with van der Waals surface area (Å²) in [4.78, 5) is 1.23. The Balaban J connectivity index is 2.39. The fraction of sp³-hybridized carbons (Fsp3) is 0.250. The van der Waals surface area contributed by atoms with Gasteiger partial charge in [0.15, 0.2) is 11.5 Å². The average molecular weight is 388 g/mol. The molecular weight excluding hydrogens is 372 g/mol. The van der Waals surface area contributed by atoms with Gasteiger partial charge in [-0.3, -0.25) is 0 Å². The lowest BCUT2D eigenvalue weighted by Gasteiger charge is -2.16. The Morgan fingerprint density at radius 1 is 1.05 bits per heavy atom. The number of rotatable bonds is 5. The summed E-state index contributed by atoms with van der Waals surface area (Å²) in [5, 5.41) is 0.642. The van der Waals surface area contributed by atoms with Crippen molar-refractivity contribution in [3.05, 3.63) is 52.5 Å². The molecule has 2 aromatic rings. The number of hydrogen-bond acceptors (Lipinski definition) is 3. The number of methoxy groups -OCH3 is 2. The zero-order valence-corrected chi connectivity index (χ0v) is 15.2. The third-order valence-electron chi connectivity index (χ3n) is 3.18. The second-order valence-corrected chi connectivity index (χ2v) is 6.57. The van der Waals surface area contributed by atoms with Crippen LogP contribution in [0.5, 0.6) is 11.5 Å². The van der Waals surface area contributed by atoms with Gasteiger partial charge >= 0.3 is 0 Å². The van der Waals surface area contributed by atoms with Crippen LogP contribution in [0.3, 0.4) is 0 Å². The summed E-state index contributed by atoms with van der Waals surface area (Å²) in [6, 6.07) is 12.1. The molecule has 112 valence electrons. The molecule has 0 heterocycles. The molecule has 2 nitrogen and oxygen atoms in total. The normalized spacial score (nSPS) is 12.0. The highest BCUT2D eigenvalue weighted by molar-refractivity contribution is 9.09. The minimum atomic E-state index is 0.000659. The van der Waals surface area contributed by atoms with Gasteiger partial charge in [0, 0.05) is 16.0 Å². The highest BCUT2D eigenvalue weighted by Crippen LogP contribution is 2.41. The standard InChI is InChI=1S/C16H16BrClO2S/c1-19-14-8-12(13(18)9-15(14)20-2)16(17)10-4-6-11(21-3)7-5-10/h4-9,16H,1-3H3. The van der Waals surface area contributed by atoms with Gasteiger partial charge in [-0.25, -0.2) is 0 Å². The topological polar surface area (TPSA) is 18.5 Å². The summed E-state index contributed by atoms with van der Waals surface area (Å²) >= 11 is 11.8. The fourth-order valence-corrected chi connectivity index (χ4v) is 3.50. The molecule has 0 bridgehead atoms. The van der Waals surface area contributed by atoms with Crippen molar-refractivity contribution >= 4 is 39.3 Å². The van der Waals surface area contributed by atoms with Crippen molar-refractivity contribution in [1.82, 2.24) is 0 Å². The van der Waals surface area contributed by atoms with Crippen LogP contribution < -0.4 is 9.47 Å². The van der Waals surface area contributed by atoms with E-state index in [-0.39, 0.29) is 4.83 Å². The molecule has 2 aromatic carbocycles. The SMILES string of the molecule is COc1cc(Cl)c(C(Br)c2ccc(SC)cc2)cc1OC. The van der Waals surface area contributed by atoms with Gasteiger partial charge < -0.3 is 9.47 Å². The smallest absolute Gasteiger partial charge is 0.162 e. The monoisotopic (exact) mass is 386 g/mol. The first-order valence-corrected chi connectivity index (χ1v) is 8.82. The van der Waals surface area contributed by atoms with Gasteiger partial charge in [-0.2, -0.15) is 0 Å². The Morgan fingerprint density at radius 3 is 2.14 bits per heavy atom. The first-order valence-electron chi connectivity index (χ1n) is 6.30. The van der Waals surface area contributed by atoms with Gasteiger partial charge in [0.2, 0.25) is 0 Å². The molecule has 21 heavy (non-hydrogen) atoms. The molecule has 0 aromatic heterocycles. The Bertz CT molecular complexity index is 616. The summed E-state index contributed by atoms with van der Waals surface area (Å²) in [7, 11) is 3.21. The molecule has 0 fully saturated rings. The highest BCUT2D eigenvalue weighted by atomic mass is 79.9. The van der Waals surface area contributed by atoms with Crippen molar-refractivity contribution < 1.29 is 9.47 Å². The van der Waals surface area contributed by atoms with Crippen LogP contribution in [0.4, 0.5) is 0 Å². The van der Waals surface area contributed by atoms with Crippen molar-refractivity contribution in [2.75, 3.05) is 20.5 Å². The van der Waals surface area contributed by atoms with Crippen molar-refractivity contribution in [2.24, 2.45) is 0 Å². The van der Waals surface area contributed by atoms with E-state index in [2.05, 4.69) is 46.5 Å². The van der Waals surface area contributed by atoms with E-state index in [1.54, 1.807) is 32.0 Å².